The molecule has 2 fully saturated rings. The Balaban J connectivity index is 1.37. The summed E-state index contributed by atoms with van der Waals surface area (Å²) in [6.45, 7) is 5.73. The molecule has 2 N–H and O–H groups in total. The third-order valence-electron chi connectivity index (χ3n) is 5.69. The van der Waals surface area contributed by atoms with Gasteiger partial charge in [0.15, 0.2) is 0 Å². The minimum atomic E-state index is -0.280. The summed E-state index contributed by atoms with van der Waals surface area (Å²) in [5.41, 5.74) is 1.74. The number of aromatic nitrogens is 1. The smallest absolute Gasteiger partial charge is 0.256 e. The zero-order chi connectivity index (χ0) is 18.8. The number of aromatic amines is 1. The number of likely N-dealkylation sites (tertiary alicyclic amines) is 1. The number of fused-ring (bicyclic) bond motifs is 1. The lowest BCUT2D eigenvalue weighted by atomic mass is 10.0. The first-order chi connectivity index (χ1) is 13.1. The fourth-order valence-corrected chi connectivity index (χ4v) is 4.10. The van der Waals surface area contributed by atoms with Crippen molar-refractivity contribution in [1.29, 1.82) is 0 Å². The Labute approximate surface area is 158 Å². The Morgan fingerprint density at radius 1 is 1.30 bits per heavy atom. The highest BCUT2D eigenvalue weighted by Crippen LogP contribution is 2.17. The second-order valence-electron chi connectivity index (χ2n) is 7.76. The van der Waals surface area contributed by atoms with E-state index in [1.54, 1.807) is 0 Å². The molecule has 0 aliphatic carbocycles. The number of carbonyl (C=O) groups is 1. The topological polar surface area (TPSA) is 74.4 Å². The number of piperidine rings is 1. The normalized spacial score (nSPS) is 21.6. The summed E-state index contributed by atoms with van der Waals surface area (Å²) in [6, 6.07) is 5.76. The Morgan fingerprint density at radius 3 is 2.85 bits per heavy atom. The van der Waals surface area contributed by atoms with Gasteiger partial charge >= 0.3 is 0 Å². The number of benzene rings is 1. The van der Waals surface area contributed by atoms with Crippen molar-refractivity contribution < 1.29 is 9.53 Å². The number of rotatable bonds is 4. The van der Waals surface area contributed by atoms with Crippen LogP contribution in [-0.4, -0.2) is 54.2 Å². The van der Waals surface area contributed by atoms with E-state index in [1.807, 2.05) is 25.1 Å². The van der Waals surface area contributed by atoms with Gasteiger partial charge in [-0.1, -0.05) is 11.6 Å². The van der Waals surface area contributed by atoms with Gasteiger partial charge in [-0.2, -0.15) is 0 Å². The molecule has 6 nitrogen and oxygen atoms in total. The first kappa shape index (κ1) is 18.2. The summed E-state index contributed by atoms with van der Waals surface area (Å²) in [7, 11) is 0. The van der Waals surface area contributed by atoms with Crippen LogP contribution in [-0.2, 0) is 4.74 Å². The molecule has 3 heterocycles. The van der Waals surface area contributed by atoms with Gasteiger partial charge in [0.1, 0.15) is 5.56 Å². The summed E-state index contributed by atoms with van der Waals surface area (Å²) < 4.78 is 5.71. The van der Waals surface area contributed by atoms with Crippen LogP contribution >= 0.6 is 0 Å². The average molecular weight is 369 g/mol. The third kappa shape index (κ3) is 4.06. The van der Waals surface area contributed by atoms with Crippen molar-refractivity contribution in [2.24, 2.45) is 0 Å². The first-order valence-electron chi connectivity index (χ1n) is 9.87. The highest BCUT2D eigenvalue weighted by Gasteiger charge is 2.25. The van der Waals surface area contributed by atoms with Crippen molar-refractivity contribution in [2.45, 2.75) is 44.8 Å². The van der Waals surface area contributed by atoms with E-state index in [0.29, 0.717) is 11.5 Å². The minimum absolute atomic E-state index is 0.117. The molecular weight excluding hydrogens is 342 g/mol. The third-order valence-corrected chi connectivity index (χ3v) is 5.69. The fraction of sp³-hybridized carbons (Fsp3) is 0.524. The Bertz CT molecular complexity index is 878. The van der Waals surface area contributed by atoms with Crippen LogP contribution in [0.15, 0.2) is 29.2 Å². The molecule has 27 heavy (non-hydrogen) atoms. The van der Waals surface area contributed by atoms with Crippen LogP contribution in [0, 0.1) is 6.92 Å². The van der Waals surface area contributed by atoms with E-state index in [4.69, 9.17) is 4.74 Å². The second kappa shape index (κ2) is 7.82. The van der Waals surface area contributed by atoms with E-state index >= 15 is 0 Å². The predicted molar refractivity (Wildman–Crippen MR) is 105 cm³/mol. The van der Waals surface area contributed by atoms with Gasteiger partial charge in [-0.15, -0.1) is 0 Å². The van der Waals surface area contributed by atoms with Gasteiger partial charge in [-0.25, -0.2) is 0 Å². The monoisotopic (exact) mass is 369 g/mol. The van der Waals surface area contributed by atoms with Crippen molar-refractivity contribution in [2.75, 3.05) is 26.2 Å². The lowest BCUT2D eigenvalue weighted by Crippen LogP contribution is -2.47. The number of aryl methyl sites for hydroxylation is 1. The van der Waals surface area contributed by atoms with Crippen LogP contribution < -0.4 is 10.7 Å². The van der Waals surface area contributed by atoms with Gasteiger partial charge in [0, 0.05) is 49.4 Å². The van der Waals surface area contributed by atoms with Crippen LogP contribution in [0.3, 0.4) is 0 Å². The van der Waals surface area contributed by atoms with Crippen LogP contribution in [0.25, 0.3) is 10.9 Å². The average Bonchev–Trinajstić information content (AvgIpc) is 3.17. The summed E-state index contributed by atoms with van der Waals surface area (Å²) in [6.07, 6.45) is 6.03. The Kier molecular flexibility index (Phi) is 5.27. The standard InChI is InChI=1S/C21H27N3O3/c1-14-4-5-19-17(11-14)20(25)18(12-22-19)21(26)23-15-6-8-24(9-7-15)13-16-3-2-10-27-16/h4-5,11-12,15-16H,2-3,6-10,13H2,1H3,(H,22,25)(H,23,26)/t16-/m1/s1. The van der Waals surface area contributed by atoms with E-state index in [1.165, 1.54) is 6.20 Å². The molecule has 2 aliphatic rings. The van der Waals surface area contributed by atoms with Crippen LogP contribution in [0.2, 0.25) is 0 Å². The maximum Gasteiger partial charge on any atom is 0.256 e. The zero-order valence-corrected chi connectivity index (χ0v) is 15.8. The van der Waals surface area contributed by atoms with Gasteiger partial charge in [0.25, 0.3) is 5.91 Å². The SMILES string of the molecule is Cc1ccc2[nH]cc(C(=O)NC3CCN(C[C@H]4CCCO4)CC3)c(=O)c2c1. The number of H-pyrrole nitrogens is 1. The van der Waals surface area contributed by atoms with Gasteiger partial charge < -0.3 is 19.9 Å². The molecule has 0 unspecified atom stereocenters. The fourth-order valence-electron chi connectivity index (χ4n) is 4.10. The largest absolute Gasteiger partial charge is 0.377 e. The van der Waals surface area contributed by atoms with Crippen molar-refractivity contribution in [3.8, 4) is 0 Å². The van der Waals surface area contributed by atoms with Crippen molar-refractivity contribution in [1.82, 2.24) is 15.2 Å². The van der Waals surface area contributed by atoms with E-state index in [2.05, 4.69) is 15.2 Å². The summed E-state index contributed by atoms with van der Waals surface area (Å²) in [5.74, 6) is -0.280. The number of nitrogens with zero attached hydrogens (tertiary/aromatic N) is 1. The highest BCUT2D eigenvalue weighted by atomic mass is 16.5. The number of amides is 1. The van der Waals surface area contributed by atoms with Crippen molar-refractivity contribution in [3.63, 3.8) is 0 Å². The van der Waals surface area contributed by atoms with Crippen LogP contribution in [0.1, 0.15) is 41.6 Å². The van der Waals surface area contributed by atoms with Crippen LogP contribution in [0.5, 0.6) is 0 Å². The van der Waals surface area contributed by atoms with E-state index < -0.39 is 0 Å². The molecule has 4 rings (SSSR count). The number of carbonyl (C=O) groups excluding carboxylic acids is 1. The lowest BCUT2D eigenvalue weighted by Gasteiger charge is -2.33. The number of hydrogen-bond donors (Lipinski definition) is 2. The molecular formula is C21H27N3O3. The molecule has 1 aromatic heterocycles. The predicted octanol–water partition coefficient (Wildman–Crippen LogP) is 2.21. The minimum Gasteiger partial charge on any atom is -0.377 e. The van der Waals surface area contributed by atoms with Crippen molar-refractivity contribution in [3.05, 3.63) is 45.7 Å². The maximum absolute atomic E-state index is 12.7. The molecule has 1 aromatic carbocycles. The molecule has 6 heteroatoms. The molecule has 2 aromatic rings. The van der Waals surface area contributed by atoms with Crippen molar-refractivity contribution >= 4 is 16.8 Å². The van der Waals surface area contributed by atoms with Gasteiger partial charge in [0.05, 0.1) is 6.10 Å². The summed E-state index contributed by atoms with van der Waals surface area (Å²) in [4.78, 5) is 30.9. The quantitative estimate of drug-likeness (QED) is 0.867. The summed E-state index contributed by atoms with van der Waals surface area (Å²) >= 11 is 0. The Morgan fingerprint density at radius 2 is 2.11 bits per heavy atom. The van der Waals surface area contributed by atoms with Gasteiger partial charge in [-0.3, -0.25) is 9.59 Å². The van der Waals surface area contributed by atoms with E-state index in [-0.39, 0.29) is 22.9 Å². The first-order valence-corrected chi connectivity index (χ1v) is 9.87. The molecule has 144 valence electrons. The molecule has 2 saturated heterocycles. The number of pyridine rings is 1. The van der Waals surface area contributed by atoms with Crippen LogP contribution in [0.4, 0.5) is 0 Å². The van der Waals surface area contributed by atoms with E-state index in [0.717, 1.165) is 63.0 Å². The van der Waals surface area contributed by atoms with Gasteiger partial charge in [0.2, 0.25) is 5.43 Å². The number of ether oxygens (including phenoxy) is 1. The molecule has 0 bridgehead atoms. The summed E-state index contributed by atoms with van der Waals surface area (Å²) in [5, 5.41) is 3.62. The maximum atomic E-state index is 12.7. The molecule has 1 amide bonds. The Hall–Kier alpha value is -2.18. The molecule has 0 spiro atoms. The number of nitrogens with one attached hydrogen (secondary N) is 2. The molecule has 2 aliphatic heterocycles. The second-order valence-corrected chi connectivity index (χ2v) is 7.76. The van der Waals surface area contributed by atoms with Gasteiger partial charge in [-0.05, 0) is 44.7 Å². The lowest BCUT2D eigenvalue weighted by molar-refractivity contribution is 0.0612. The van der Waals surface area contributed by atoms with E-state index in [9.17, 15) is 9.59 Å². The highest BCUT2D eigenvalue weighted by molar-refractivity contribution is 5.97. The zero-order valence-electron chi connectivity index (χ0n) is 15.8. The molecule has 1 atom stereocenters. The molecule has 0 saturated carbocycles. The number of hydrogen-bond acceptors (Lipinski definition) is 4. The molecule has 0 radical (unpaired) electrons.